The molecule has 1 unspecified atom stereocenters. The molecule has 3 aliphatic carbocycles. The van der Waals surface area contributed by atoms with Crippen molar-refractivity contribution < 1.29 is 13.9 Å². The molecule has 4 nitrogen and oxygen atoms in total. The molecule has 5 rings (SSSR count). The lowest BCUT2D eigenvalue weighted by atomic mass is 9.46. The lowest BCUT2D eigenvalue weighted by Gasteiger charge is -2.63. The van der Waals surface area contributed by atoms with Crippen molar-refractivity contribution >= 4 is 5.69 Å². The van der Waals surface area contributed by atoms with E-state index in [4.69, 9.17) is 9.47 Å². The van der Waals surface area contributed by atoms with E-state index in [-0.39, 0.29) is 30.4 Å². The van der Waals surface area contributed by atoms with Crippen LogP contribution in [0.2, 0.25) is 0 Å². The lowest BCUT2D eigenvalue weighted by Crippen LogP contribution is -2.62. The highest BCUT2D eigenvalue weighted by atomic mass is 19.1. The number of hydrogen-bond acceptors (Lipinski definition) is 4. The predicted octanol–water partition coefficient (Wildman–Crippen LogP) is 8.01. The second kappa shape index (κ2) is 11.7. The van der Waals surface area contributed by atoms with Crippen LogP contribution < -0.4 is 5.32 Å². The summed E-state index contributed by atoms with van der Waals surface area (Å²) in [7, 11) is 0. The van der Waals surface area contributed by atoms with Crippen molar-refractivity contribution in [3.63, 3.8) is 0 Å². The van der Waals surface area contributed by atoms with E-state index in [0.717, 1.165) is 32.4 Å². The number of fused-ring (bicyclic) bond motifs is 3. The summed E-state index contributed by atoms with van der Waals surface area (Å²) in [5.74, 6) is 1.29. The van der Waals surface area contributed by atoms with Gasteiger partial charge >= 0.3 is 0 Å². The molecular formula is C30H49FN2O2. The van der Waals surface area contributed by atoms with Crippen molar-refractivity contribution in [2.45, 2.75) is 105 Å². The first-order chi connectivity index (χ1) is 16.4. The van der Waals surface area contributed by atoms with Crippen LogP contribution in [0.4, 0.5) is 10.1 Å². The van der Waals surface area contributed by atoms with E-state index in [1.165, 1.54) is 50.3 Å². The average molecular weight is 489 g/mol. The number of ether oxygens (including phenoxy) is 2. The molecule has 2 heterocycles. The SMILES string of the molecule is C.C=C1CCC2[C@]3(C)CO[C@@H](C4CCCC4)O[C@@H]3CC[C@@]2(C)[C@@H]1CCNc1ccncc1F.CC. The quantitative estimate of drug-likeness (QED) is 0.426. The Morgan fingerprint density at radius 3 is 2.60 bits per heavy atom. The summed E-state index contributed by atoms with van der Waals surface area (Å²) in [5, 5.41) is 3.29. The standard InChI is InChI=1S/C27H39FN2O2.C2H6.CH4/c1-18-8-9-23-26(2,20(18)11-15-30-22-12-14-29-16-21(22)28)13-10-24-27(23,3)17-31-25(32-24)19-6-4-5-7-19;1-2;/h12,14,16,19-20,23-25H,1,4-11,13,15,17H2,2-3H3,(H,29,30);1-2H3;1H4/t20-,23?,24-,25-,26+,27+;;/m1../s1. The van der Waals surface area contributed by atoms with Crippen LogP contribution in [-0.2, 0) is 9.47 Å². The van der Waals surface area contributed by atoms with Crippen molar-refractivity contribution in [2.24, 2.45) is 28.6 Å². The number of pyridine rings is 1. The van der Waals surface area contributed by atoms with Gasteiger partial charge in [-0.1, -0.05) is 60.1 Å². The van der Waals surface area contributed by atoms with Crippen molar-refractivity contribution in [1.29, 1.82) is 0 Å². The monoisotopic (exact) mass is 488 g/mol. The highest BCUT2D eigenvalue weighted by Crippen LogP contribution is 2.63. The van der Waals surface area contributed by atoms with Gasteiger partial charge in [-0.2, -0.15) is 0 Å². The molecular weight excluding hydrogens is 439 g/mol. The second-order valence-electron chi connectivity index (χ2n) is 11.3. The third kappa shape index (κ3) is 5.32. The third-order valence-electron chi connectivity index (χ3n) is 9.48. The van der Waals surface area contributed by atoms with Crippen molar-refractivity contribution in [3.05, 3.63) is 36.4 Å². The normalized spacial score (nSPS) is 36.8. The summed E-state index contributed by atoms with van der Waals surface area (Å²) in [6, 6.07) is 1.71. The van der Waals surface area contributed by atoms with E-state index in [2.05, 4.69) is 30.7 Å². The van der Waals surface area contributed by atoms with E-state index in [1.807, 2.05) is 13.8 Å². The smallest absolute Gasteiger partial charge is 0.164 e. The maximum absolute atomic E-state index is 14.0. The minimum absolute atomic E-state index is 0. The Balaban J connectivity index is 0.00000111. The van der Waals surface area contributed by atoms with Crippen LogP contribution in [0.1, 0.15) is 92.9 Å². The van der Waals surface area contributed by atoms with Gasteiger partial charge in [-0.3, -0.25) is 4.98 Å². The zero-order valence-electron chi connectivity index (χ0n) is 21.7. The number of allylic oxidation sites excluding steroid dienone is 1. The summed E-state index contributed by atoms with van der Waals surface area (Å²) < 4.78 is 27.1. The molecule has 0 bridgehead atoms. The Morgan fingerprint density at radius 2 is 1.89 bits per heavy atom. The number of nitrogens with one attached hydrogen (secondary N) is 1. The Hall–Kier alpha value is -1.46. The first kappa shape index (κ1) is 28.1. The maximum atomic E-state index is 14.0. The Kier molecular flexibility index (Phi) is 9.42. The van der Waals surface area contributed by atoms with Crippen LogP contribution in [-0.4, -0.2) is 30.5 Å². The zero-order valence-corrected chi connectivity index (χ0v) is 21.7. The Bertz CT molecular complexity index is 841. The minimum atomic E-state index is -0.291. The molecule has 1 aliphatic heterocycles. The lowest BCUT2D eigenvalue weighted by molar-refractivity contribution is -0.316. The van der Waals surface area contributed by atoms with Crippen LogP contribution in [0.15, 0.2) is 30.6 Å². The highest BCUT2D eigenvalue weighted by Gasteiger charge is 2.60. The van der Waals surface area contributed by atoms with Crippen molar-refractivity contribution in [3.8, 4) is 0 Å². The second-order valence-corrected chi connectivity index (χ2v) is 11.3. The minimum Gasteiger partial charge on any atom is -0.383 e. The topological polar surface area (TPSA) is 43.4 Å². The Labute approximate surface area is 213 Å². The highest BCUT2D eigenvalue weighted by molar-refractivity contribution is 5.42. The average Bonchev–Trinajstić information content (AvgIpc) is 3.38. The molecule has 1 N–H and O–H groups in total. The van der Waals surface area contributed by atoms with Gasteiger partial charge in [0.25, 0.3) is 0 Å². The van der Waals surface area contributed by atoms with Crippen LogP contribution in [0.5, 0.6) is 0 Å². The molecule has 0 amide bonds. The van der Waals surface area contributed by atoms with Crippen molar-refractivity contribution in [1.82, 2.24) is 4.98 Å². The molecule has 5 heteroatoms. The van der Waals surface area contributed by atoms with Gasteiger partial charge in [-0.15, -0.1) is 0 Å². The van der Waals surface area contributed by atoms with Gasteiger partial charge in [0.05, 0.1) is 24.6 Å². The largest absolute Gasteiger partial charge is 0.383 e. The molecule has 0 spiro atoms. The van der Waals surface area contributed by atoms with Gasteiger partial charge in [0.15, 0.2) is 12.1 Å². The zero-order chi connectivity index (χ0) is 24.3. The summed E-state index contributed by atoms with van der Waals surface area (Å²) in [6.45, 7) is 14.9. The van der Waals surface area contributed by atoms with Crippen LogP contribution in [0.3, 0.4) is 0 Å². The molecule has 6 atom stereocenters. The van der Waals surface area contributed by atoms with Crippen LogP contribution in [0, 0.1) is 34.4 Å². The first-order valence-corrected chi connectivity index (χ1v) is 13.7. The summed E-state index contributed by atoms with van der Waals surface area (Å²) in [4.78, 5) is 3.84. The first-order valence-electron chi connectivity index (χ1n) is 13.7. The fraction of sp³-hybridized carbons (Fsp3) is 0.767. The van der Waals surface area contributed by atoms with Gasteiger partial charge in [-0.25, -0.2) is 4.39 Å². The van der Waals surface area contributed by atoms with Gasteiger partial charge < -0.3 is 14.8 Å². The molecule has 3 saturated carbocycles. The number of hydrogen-bond donors (Lipinski definition) is 1. The maximum Gasteiger partial charge on any atom is 0.164 e. The van der Waals surface area contributed by atoms with Gasteiger partial charge in [0.1, 0.15) is 0 Å². The number of aromatic nitrogens is 1. The summed E-state index contributed by atoms with van der Waals surface area (Å²) in [5.41, 5.74) is 2.15. The van der Waals surface area contributed by atoms with Gasteiger partial charge in [-0.05, 0) is 68.3 Å². The molecule has 1 aromatic rings. The number of nitrogens with zero attached hydrogens (tertiary/aromatic N) is 1. The van der Waals surface area contributed by atoms with Crippen LogP contribution >= 0.6 is 0 Å². The van der Waals surface area contributed by atoms with Gasteiger partial charge in [0.2, 0.25) is 0 Å². The fourth-order valence-electron chi connectivity index (χ4n) is 7.73. The molecule has 0 radical (unpaired) electrons. The molecule has 35 heavy (non-hydrogen) atoms. The van der Waals surface area contributed by atoms with E-state index in [1.54, 1.807) is 12.3 Å². The molecule has 198 valence electrons. The molecule has 0 aromatic carbocycles. The van der Waals surface area contributed by atoms with Crippen molar-refractivity contribution in [2.75, 3.05) is 18.5 Å². The van der Waals surface area contributed by atoms with E-state index in [0.29, 0.717) is 29.5 Å². The number of halogens is 1. The number of rotatable bonds is 5. The molecule has 1 saturated heterocycles. The third-order valence-corrected chi connectivity index (χ3v) is 9.48. The number of anilines is 1. The van der Waals surface area contributed by atoms with E-state index in [9.17, 15) is 4.39 Å². The van der Waals surface area contributed by atoms with E-state index < -0.39 is 0 Å². The summed E-state index contributed by atoms with van der Waals surface area (Å²) >= 11 is 0. The Morgan fingerprint density at radius 1 is 1.14 bits per heavy atom. The summed E-state index contributed by atoms with van der Waals surface area (Å²) in [6.07, 6.45) is 13.8. The van der Waals surface area contributed by atoms with Gasteiger partial charge in [0, 0.05) is 24.1 Å². The molecule has 4 fully saturated rings. The predicted molar refractivity (Wildman–Crippen MR) is 143 cm³/mol. The van der Waals surface area contributed by atoms with E-state index >= 15 is 0 Å². The molecule has 4 aliphatic rings. The van der Waals surface area contributed by atoms with Crippen LogP contribution in [0.25, 0.3) is 0 Å². The molecule has 1 aromatic heterocycles. The fourth-order valence-corrected chi connectivity index (χ4v) is 7.73.